The highest BCUT2D eigenvalue weighted by atomic mass is 16.5. The van der Waals surface area contributed by atoms with E-state index in [1.807, 2.05) is 49.3 Å². The topological polar surface area (TPSA) is 79.3 Å². The first-order valence-electron chi connectivity index (χ1n) is 7.35. The number of ether oxygens (including phenoxy) is 1. The minimum atomic E-state index is -0.577. The highest BCUT2D eigenvalue weighted by molar-refractivity contribution is 5.97. The smallest absolute Gasteiger partial charge is 0.348 e. The van der Waals surface area contributed by atoms with Crippen molar-refractivity contribution >= 4 is 17.7 Å². The predicted octanol–water partition coefficient (Wildman–Crippen LogP) is 2.33. The van der Waals surface area contributed by atoms with Gasteiger partial charge in [-0.3, -0.25) is 0 Å². The Labute approximate surface area is 132 Å². The third-order valence-electron chi connectivity index (χ3n) is 3.14. The first kappa shape index (κ1) is 17.7. The molecule has 0 saturated heterocycles. The number of carbonyl (C=O) groups excluding carboxylic acids is 1. The number of unbranched alkanes of at least 4 members (excludes halogenated alkanes) is 2. The van der Waals surface area contributed by atoms with Crippen LogP contribution in [-0.4, -0.2) is 33.2 Å². The van der Waals surface area contributed by atoms with Crippen molar-refractivity contribution in [3.8, 4) is 6.07 Å². The second-order valence-corrected chi connectivity index (χ2v) is 5.14. The molecule has 0 aliphatic heterocycles. The molecule has 1 aromatic carbocycles. The molecule has 0 atom stereocenters. The van der Waals surface area contributed by atoms with Crippen molar-refractivity contribution in [3.05, 3.63) is 35.4 Å². The van der Waals surface area contributed by atoms with Crippen molar-refractivity contribution in [2.24, 2.45) is 5.73 Å². The number of anilines is 1. The van der Waals surface area contributed by atoms with Crippen LogP contribution in [0.15, 0.2) is 29.8 Å². The number of hydrogen-bond acceptors (Lipinski definition) is 5. The highest BCUT2D eigenvalue weighted by Gasteiger charge is 2.10. The van der Waals surface area contributed by atoms with Gasteiger partial charge in [-0.2, -0.15) is 5.26 Å². The number of hydrogen-bond donors (Lipinski definition) is 1. The molecule has 5 nitrogen and oxygen atoms in total. The van der Waals surface area contributed by atoms with Crippen molar-refractivity contribution < 1.29 is 9.53 Å². The lowest BCUT2D eigenvalue weighted by molar-refractivity contribution is -0.138. The maximum atomic E-state index is 11.8. The normalized spacial score (nSPS) is 10.9. The summed E-state index contributed by atoms with van der Waals surface area (Å²) in [5.74, 6) is -0.577. The number of nitriles is 1. The predicted molar refractivity (Wildman–Crippen MR) is 88.2 cm³/mol. The van der Waals surface area contributed by atoms with E-state index in [4.69, 9.17) is 15.7 Å². The van der Waals surface area contributed by atoms with Gasteiger partial charge in [-0.1, -0.05) is 12.1 Å². The molecule has 0 aromatic heterocycles. The summed E-state index contributed by atoms with van der Waals surface area (Å²) < 4.78 is 5.10. The van der Waals surface area contributed by atoms with Crippen LogP contribution >= 0.6 is 0 Å². The molecule has 0 aliphatic rings. The number of esters is 1. The van der Waals surface area contributed by atoms with E-state index < -0.39 is 5.97 Å². The van der Waals surface area contributed by atoms with Gasteiger partial charge in [0, 0.05) is 19.8 Å². The zero-order chi connectivity index (χ0) is 16.4. The lowest BCUT2D eigenvalue weighted by Gasteiger charge is -2.11. The van der Waals surface area contributed by atoms with Crippen LogP contribution in [0.1, 0.15) is 24.8 Å². The molecule has 0 spiro atoms. The van der Waals surface area contributed by atoms with Gasteiger partial charge in [-0.25, -0.2) is 4.79 Å². The molecule has 0 radical (unpaired) electrons. The fourth-order valence-electron chi connectivity index (χ4n) is 1.84. The maximum absolute atomic E-state index is 11.8. The van der Waals surface area contributed by atoms with Crippen LogP contribution in [0.5, 0.6) is 0 Å². The van der Waals surface area contributed by atoms with Gasteiger partial charge in [0.05, 0.1) is 6.61 Å². The zero-order valence-electron chi connectivity index (χ0n) is 13.2. The average molecular weight is 301 g/mol. The summed E-state index contributed by atoms with van der Waals surface area (Å²) in [6, 6.07) is 9.48. The van der Waals surface area contributed by atoms with Gasteiger partial charge in [0.2, 0.25) is 0 Å². The molecule has 0 bridgehead atoms. The van der Waals surface area contributed by atoms with Crippen molar-refractivity contribution in [2.45, 2.75) is 19.3 Å². The van der Waals surface area contributed by atoms with Gasteiger partial charge in [-0.15, -0.1) is 0 Å². The van der Waals surface area contributed by atoms with Gasteiger partial charge < -0.3 is 15.4 Å². The van der Waals surface area contributed by atoms with E-state index in [0.717, 1.165) is 30.5 Å². The van der Waals surface area contributed by atoms with E-state index in [1.54, 1.807) is 6.08 Å². The zero-order valence-corrected chi connectivity index (χ0v) is 13.2. The Morgan fingerprint density at radius 2 is 1.95 bits per heavy atom. The summed E-state index contributed by atoms with van der Waals surface area (Å²) in [7, 11) is 3.90. The molecule has 0 aliphatic carbocycles. The summed E-state index contributed by atoms with van der Waals surface area (Å²) in [4.78, 5) is 13.8. The Morgan fingerprint density at radius 3 is 2.50 bits per heavy atom. The number of nitrogens with zero attached hydrogens (tertiary/aromatic N) is 2. The lowest BCUT2D eigenvalue weighted by atomic mass is 10.1. The Morgan fingerprint density at radius 1 is 1.27 bits per heavy atom. The van der Waals surface area contributed by atoms with Crippen LogP contribution in [-0.2, 0) is 9.53 Å². The number of nitrogens with two attached hydrogens (primary N) is 1. The van der Waals surface area contributed by atoms with Crippen LogP contribution in [0.25, 0.3) is 6.08 Å². The molecule has 5 heteroatoms. The van der Waals surface area contributed by atoms with Gasteiger partial charge >= 0.3 is 5.97 Å². The molecule has 1 aromatic rings. The average Bonchev–Trinajstić information content (AvgIpc) is 2.52. The Balaban J connectivity index is 2.62. The van der Waals surface area contributed by atoms with Gasteiger partial charge in [0.15, 0.2) is 0 Å². The first-order chi connectivity index (χ1) is 10.6. The largest absolute Gasteiger partial charge is 0.462 e. The van der Waals surface area contributed by atoms with Crippen molar-refractivity contribution in [1.82, 2.24) is 0 Å². The fraction of sp³-hybridized carbons (Fsp3) is 0.412. The Kier molecular flexibility index (Phi) is 7.73. The summed E-state index contributed by atoms with van der Waals surface area (Å²) in [6.45, 7) is 0.956. The molecular formula is C17H23N3O2. The summed E-state index contributed by atoms with van der Waals surface area (Å²) in [5, 5.41) is 9.10. The Hall–Kier alpha value is -2.32. The lowest BCUT2D eigenvalue weighted by Crippen LogP contribution is -2.09. The van der Waals surface area contributed by atoms with Crippen molar-refractivity contribution in [1.29, 1.82) is 5.26 Å². The van der Waals surface area contributed by atoms with E-state index in [1.165, 1.54) is 0 Å². The van der Waals surface area contributed by atoms with Crippen LogP contribution in [0, 0.1) is 11.3 Å². The fourth-order valence-corrected chi connectivity index (χ4v) is 1.84. The van der Waals surface area contributed by atoms with Crippen molar-refractivity contribution in [3.63, 3.8) is 0 Å². The van der Waals surface area contributed by atoms with E-state index in [9.17, 15) is 4.79 Å². The molecule has 0 saturated carbocycles. The summed E-state index contributed by atoms with van der Waals surface area (Å²) in [5.41, 5.74) is 7.25. The molecule has 0 fully saturated rings. The van der Waals surface area contributed by atoms with Crippen LogP contribution < -0.4 is 10.6 Å². The highest BCUT2D eigenvalue weighted by Crippen LogP contribution is 2.15. The van der Waals surface area contributed by atoms with Gasteiger partial charge in [-0.05, 0) is 49.6 Å². The molecular weight excluding hydrogens is 278 g/mol. The number of benzene rings is 1. The van der Waals surface area contributed by atoms with E-state index in [2.05, 4.69) is 0 Å². The van der Waals surface area contributed by atoms with E-state index in [0.29, 0.717) is 13.2 Å². The molecule has 0 heterocycles. The molecule has 1 rings (SSSR count). The van der Waals surface area contributed by atoms with Crippen LogP contribution in [0.2, 0.25) is 0 Å². The molecule has 22 heavy (non-hydrogen) atoms. The standard InChI is InChI=1S/C17H23N3O2/c1-20(2)16-8-6-14(7-9-16)12-15(13-19)17(21)22-11-5-3-4-10-18/h6-9,12H,3-5,10-11,18H2,1-2H3/b15-12+. The van der Waals surface area contributed by atoms with E-state index >= 15 is 0 Å². The second kappa shape index (κ2) is 9.59. The summed E-state index contributed by atoms with van der Waals surface area (Å²) in [6.07, 6.45) is 4.14. The van der Waals surface area contributed by atoms with Gasteiger partial charge in [0.25, 0.3) is 0 Å². The second-order valence-electron chi connectivity index (χ2n) is 5.14. The third-order valence-corrected chi connectivity index (χ3v) is 3.14. The van der Waals surface area contributed by atoms with Crippen LogP contribution in [0.4, 0.5) is 5.69 Å². The van der Waals surface area contributed by atoms with E-state index in [-0.39, 0.29) is 5.57 Å². The minimum absolute atomic E-state index is 0.0106. The van der Waals surface area contributed by atoms with Gasteiger partial charge in [0.1, 0.15) is 11.6 Å². The third kappa shape index (κ3) is 5.98. The van der Waals surface area contributed by atoms with Crippen molar-refractivity contribution in [2.75, 3.05) is 32.1 Å². The monoisotopic (exact) mass is 301 g/mol. The number of carbonyl (C=O) groups is 1. The quantitative estimate of drug-likeness (QED) is 0.345. The SMILES string of the molecule is CN(C)c1ccc(/C=C(\C#N)C(=O)OCCCCCN)cc1. The minimum Gasteiger partial charge on any atom is -0.462 e. The summed E-state index contributed by atoms with van der Waals surface area (Å²) >= 11 is 0. The molecule has 0 amide bonds. The first-order valence-corrected chi connectivity index (χ1v) is 7.35. The molecule has 118 valence electrons. The maximum Gasteiger partial charge on any atom is 0.348 e. The van der Waals surface area contributed by atoms with Crippen LogP contribution in [0.3, 0.4) is 0 Å². The Bertz CT molecular complexity index is 542. The molecule has 0 unspecified atom stereocenters. The molecule has 2 N–H and O–H groups in total. The number of rotatable bonds is 8.